The van der Waals surface area contributed by atoms with Crippen LogP contribution >= 0.6 is 0 Å². The molecular formula is C96H120N6+6. The highest BCUT2D eigenvalue weighted by molar-refractivity contribution is 5.69. The first kappa shape index (κ1) is 74.9. The van der Waals surface area contributed by atoms with Gasteiger partial charge in [0.2, 0.25) is 34.2 Å². The van der Waals surface area contributed by atoms with Gasteiger partial charge < -0.3 is 0 Å². The highest BCUT2D eigenvalue weighted by Crippen LogP contribution is 2.30. The molecule has 0 amide bonds. The van der Waals surface area contributed by atoms with Crippen LogP contribution in [0.5, 0.6) is 0 Å². The van der Waals surface area contributed by atoms with Crippen molar-refractivity contribution in [3.63, 3.8) is 0 Å². The van der Waals surface area contributed by atoms with E-state index in [4.69, 9.17) is 4.11 Å². The lowest BCUT2D eigenvalue weighted by Crippen LogP contribution is -2.36. The minimum atomic E-state index is -2.05. The van der Waals surface area contributed by atoms with Crippen molar-refractivity contribution in [3.05, 3.63) is 316 Å². The number of rotatable bonds is 6. The fourth-order valence-electron chi connectivity index (χ4n) is 13.9. The van der Waals surface area contributed by atoms with Crippen molar-refractivity contribution >= 4 is 0 Å². The van der Waals surface area contributed by atoms with Crippen molar-refractivity contribution in [2.24, 2.45) is 42.3 Å². The fourth-order valence-corrected chi connectivity index (χ4v) is 13.9. The van der Waals surface area contributed by atoms with Gasteiger partial charge in [0.1, 0.15) is 42.3 Å². The zero-order valence-corrected chi connectivity index (χ0v) is 67.5. The normalized spacial score (nSPS) is 11.2. The number of hydrogen-bond acceptors (Lipinski definition) is 0. The number of hydrogen-bond donors (Lipinski definition) is 0. The molecule has 6 aromatic heterocycles. The monoisotopic (exact) mass is 1360 g/mol. The smallest absolute Gasteiger partial charge is 0.199 e. The maximum absolute atomic E-state index is 7.48. The highest BCUT2D eigenvalue weighted by atomic mass is 15.0. The number of benzene rings is 6. The van der Waals surface area contributed by atoms with Crippen LogP contribution in [0, 0.1) is 166 Å². The zero-order chi connectivity index (χ0) is 78.0. The summed E-state index contributed by atoms with van der Waals surface area (Å²) in [7, 11) is 12.7. The Morgan fingerprint density at radius 3 is 0.863 bits per heavy atom. The van der Waals surface area contributed by atoms with Crippen LogP contribution in [-0.4, -0.2) is 0 Å². The molecule has 0 atom stereocenters. The molecule has 0 aliphatic carbocycles. The van der Waals surface area contributed by atoms with E-state index < -0.39 is 6.85 Å². The second-order valence-electron chi connectivity index (χ2n) is 29.1. The van der Waals surface area contributed by atoms with E-state index in [1.165, 1.54) is 179 Å². The maximum Gasteiger partial charge on any atom is 0.215 e. The number of nitrogens with zero attached hydrogens (tertiary/aromatic N) is 6. The summed E-state index contributed by atoms with van der Waals surface area (Å²) < 4.78 is 35.9. The molecule has 0 bridgehead atoms. The van der Waals surface area contributed by atoms with Crippen LogP contribution in [0.25, 0.3) is 67.5 Å². The Labute approximate surface area is 620 Å². The van der Waals surface area contributed by atoms with E-state index in [1.807, 2.05) is 20.0 Å². The summed E-state index contributed by atoms with van der Waals surface area (Å²) in [6.07, 6.45) is 0. The van der Waals surface area contributed by atoms with Gasteiger partial charge in [-0.1, -0.05) is 108 Å². The number of aromatic nitrogens is 6. The molecule has 0 aliphatic rings. The molecule has 0 unspecified atom stereocenters. The first-order valence-corrected chi connectivity index (χ1v) is 36.0. The Balaban J connectivity index is 0.000000176. The van der Waals surface area contributed by atoms with E-state index in [0.717, 1.165) is 16.8 Å². The Kier molecular flexibility index (Phi) is 25.5. The maximum atomic E-state index is 7.48. The van der Waals surface area contributed by atoms with E-state index >= 15 is 0 Å². The summed E-state index contributed by atoms with van der Waals surface area (Å²) in [4.78, 5) is 0. The van der Waals surface area contributed by atoms with Crippen molar-refractivity contribution in [1.82, 2.24) is 0 Å². The van der Waals surface area contributed by atoms with Crippen LogP contribution < -0.4 is 27.4 Å². The van der Waals surface area contributed by atoms with Crippen LogP contribution in [-0.2, 0) is 42.3 Å². The lowest BCUT2D eigenvalue weighted by molar-refractivity contribution is -0.667. The van der Waals surface area contributed by atoms with Crippen molar-refractivity contribution in [1.29, 1.82) is 0 Å². The van der Waals surface area contributed by atoms with Crippen LogP contribution in [0.4, 0.5) is 0 Å². The third-order valence-electron chi connectivity index (χ3n) is 20.4. The van der Waals surface area contributed by atoms with Crippen molar-refractivity contribution in [3.8, 4) is 67.5 Å². The third-order valence-corrected chi connectivity index (χ3v) is 20.4. The summed E-state index contributed by atoms with van der Waals surface area (Å²) in [6.45, 7) is 47.4. The van der Waals surface area contributed by atoms with E-state index in [9.17, 15) is 0 Å². The van der Waals surface area contributed by atoms with Gasteiger partial charge in [0.15, 0.2) is 34.2 Å². The Hall–Kier alpha value is -9.78. The predicted octanol–water partition coefficient (Wildman–Crippen LogP) is 20.5. The largest absolute Gasteiger partial charge is 0.215 e. The summed E-state index contributed by atoms with van der Waals surface area (Å²) in [6, 6.07) is 64.6. The fraction of sp³-hybridized carbons (Fsp3) is 0.312. The van der Waals surface area contributed by atoms with Gasteiger partial charge in [0, 0.05) is 140 Å². The quantitative estimate of drug-likeness (QED) is 0.148. The molecule has 0 fully saturated rings. The molecule has 6 aromatic carbocycles. The Morgan fingerprint density at radius 1 is 0.206 bits per heavy atom. The highest BCUT2D eigenvalue weighted by Gasteiger charge is 2.23. The first-order valence-electron chi connectivity index (χ1n) is 37.5. The van der Waals surface area contributed by atoms with Gasteiger partial charge in [0.25, 0.3) is 0 Å². The lowest BCUT2D eigenvalue weighted by atomic mass is 9.98. The third kappa shape index (κ3) is 19.4. The van der Waals surface area contributed by atoms with E-state index in [1.54, 1.807) is 12.1 Å². The molecule has 0 spiro atoms. The molecule has 6 heterocycles. The molecule has 6 nitrogen and oxygen atoms in total. The SMILES string of the molecule is Cc1cc(C)[n+](C)c(-c2c(C)cccc2C)c1.Cc1cc(C)[n+](C)c(-c2c(C)cccc2C)c1.Cc1ccc(C)c(-c2cc(C)cc(C)[n+]2C)c1.Cc1ccc(C)c(-c2cc(C)cc(C)[n+]2C)c1.Cc1ccccc1-c1c(C)c(C)cc(C)[n+]1C.[2H]C([2H])([2H])c1ccc(-c2cc(C)cc(C)[n+]2C)c(C)c1. The first-order chi connectivity index (χ1) is 49.2. The van der Waals surface area contributed by atoms with Crippen LogP contribution in [0.15, 0.2) is 182 Å². The van der Waals surface area contributed by atoms with Crippen LogP contribution in [0.2, 0.25) is 0 Å². The van der Waals surface area contributed by atoms with E-state index in [0.29, 0.717) is 5.56 Å². The molecule has 0 saturated carbocycles. The molecule has 102 heavy (non-hydrogen) atoms. The molecule has 528 valence electrons. The summed E-state index contributed by atoms with van der Waals surface area (Å²) in [5.41, 5.74) is 45.6. The molecule has 0 saturated heterocycles. The van der Waals surface area contributed by atoms with E-state index in [2.05, 4.69) is 379 Å². The summed E-state index contributed by atoms with van der Waals surface area (Å²) in [5.74, 6) is 0. The van der Waals surface area contributed by atoms with Gasteiger partial charge in [-0.2, -0.15) is 27.4 Å². The van der Waals surface area contributed by atoms with Gasteiger partial charge in [-0.05, 0) is 227 Å². The van der Waals surface area contributed by atoms with Crippen molar-refractivity contribution < 1.29 is 31.5 Å². The number of aryl methyl sites for hydroxylation is 23. The van der Waals surface area contributed by atoms with Crippen LogP contribution in [0.1, 0.15) is 138 Å². The van der Waals surface area contributed by atoms with Crippen LogP contribution in [0.3, 0.4) is 0 Å². The minimum absolute atomic E-state index is 0.394. The molecule has 0 N–H and O–H groups in total. The molecule has 12 aromatic rings. The van der Waals surface area contributed by atoms with Crippen molar-refractivity contribution in [2.45, 2.75) is 166 Å². The van der Waals surface area contributed by atoms with Gasteiger partial charge >= 0.3 is 0 Å². The van der Waals surface area contributed by atoms with E-state index in [-0.39, 0.29) is 0 Å². The standard InChI is InChI=1S/6C16H20N/c2*1-11-6-7-13(3)15(9-11)16-10-12(2)8-14(4)17(16)5;1-11-6-7-15(13(3)8-11)16-10-12(2)9-14(4)17(16)5;2*1-11-9-14(4)17(5)15(10-11)16-12(2)7-6-8-13(16)3;1-11-8-6-7-9-15(11)16-14(4)12(2)10-13(3)17(16)5/h6*6-10H,1-5H3/q6*+1/i;;1D3;;;. The molecule has 0 aliphatic heterocycles. The Morgan fingerprint density at radius 2 is 0.510 bits per heavy atom. The van der Waals surface area contributed by atoms with Gasteiger partial charge in [-0.25, -0.2) is 0 Å². The van der Waals surface area contributed by atoms with Crippen molar-refractivity contribution in [2.75, 3.05) is 0 Å². The summed E-state index contributed by atoms with van der Waals surface area (Å²) >= 11 is 0. The lowest BCUT2D eigenvalue weighted by Gasteiger charge is -2.10. The Bertz CT molecular complexity index is 4890. The second-order valence-corrected chi connectivity index (χ2v) is 29.1. The van der Waals surface area contributed by atoms with Gasteiger partial charge in [-0.15, -0.1) is 0 Å². The summed E-state index contributed by atoms with van der Waals surface area (Å²) in [5, 5.41) is 0. The van der Waals surface area contributed by atoms with Gasteiger partial charge in [-0.3, -0.25) is 0 Å². The second kappa shape index (κ2) is 34.7. The minimum Gasteiger partial charge on any atom is -0.199 e. The average Bonchev–Trinajstić information content (AvgIpc) is 0.731. The van der Waals surface area contributed by atoms with Gasteiger partial charge in [0.05, 0.1) is 11.1 Å². The molecule has 12 rings (SSSR count). The predicted molar refractivity (Wildman–Crippen MR) is 432 cm³/mol. The number of pyridine rings is 6. The zero-order valence-electron chi connectivity index (χ0n) is 70.5. The molecular weight excluding hydrogens is 1240 g/mol. The molecule has 0 radical (unpaired) electrons. The topological polar surface area (TPSA) is 23.3 Å². The average molecular weight is 1360 g/mol. The molecule has 6 heteroatoms.